The smallest absolute Gasteiger partial charge is 0.252 e. The van der Waals surface area contributed by atoms with E-state index in [0.29, 0.717) is 5.92 Å². The summed E-state index contributed by atoms with van der Waals surface area (Å²) in [6, 6.07) is 0. The van der Waals surface area contributed by atoms with E-state index < -0.39 is 0 Å². The summed E-state index contributed by atoms with van der Waals surface area (Å²) in [6.45, 7) is 8.01. The molecule has 116 valence electrons. The van der Waals surface area contributed by atoms with E-state index in [4.69, 9.17) is 5.10 Å². The van der Waals surface area contributed by atoms with Crippen molar-refractivity contribution in [3.63, 3.8) is 0 Å². The van der Waals surface area contributed by atoms with Crippen LogP contribution in [0.2, 0.25) is 0 Å². The zero-order chi connectivity index (χ0) is 15.0. The second-order valence-corrected chi connectivity index (χ2v) is 7.71. The van der Waals surface area contributed by atoms with Gasteiger partial charge < -0.3 is 5.32 Å². The molecule has 0 bridgehead atoms. The zero-order valence-corrected chi connectivity index (χ0v) is 13.5. The Bertz CT molecular complexity index is 517. The minimum Gasteiger partial charge on any atom is -0.317 e. The summed E-state index contributed by atoms with van der Waals surface area (Å²) >= 11 is 0. The molecule has 21 heavy (non-hydrogen) atoms. The Morgan fingerprint density at radius 1 is 1.29 bits per heavy atom. The van der Waals surface area contributed by atoms with Crippen molar-refractivity contribution in [3.05, 3.63) is 17.5 Å². The second kappa shape index (κ2) is 5.56. The summed E-state index contributed by atoms with van der Waals surface area (Å²) in [4.78, 5) is 12.5. The van der Waals surface area contributed by atoms with Gasteiger partial charge in [0.15, 0.2) is 0 Å². The van der Waals surface area contributed by atoms with Gasteiger partial charge in [-0.25, -0.2) is 4.68 Å². The van der Waals surface area contributed by atoms with Gasteiger partial charge in [0.05, 0.1) is 5.69 Å². The van der Waals surface area contributed by atoms with E-state index in [1.165, 1.54) is 24.1 Å². The van der Waals surface area contributed by atoms with Crippen LogP contribution in [0.3, 0.4) is 0 Å². The summed E-state index contributed by atoms with van der Waals surface area (Å²) in [5, 5.41) is 8.13. The molecule has 1 aromatic rings. The van der Waals surface area contributed by atoms with Crippen molar-refractivity contribution in [1.29, 1.82) is 0 Å². The lowest BCUT2D eigenvalue weighted by atomic mass is 9.91. The third-order valence-corrected chi connectivity index (χ3v) is 4.60. The predicted molar refractivity (Wildman–Crippen MR) is 83.6 cm³/mol. The molecule has 0 aromatic carbocycles. The van der Waals surface area contributed by atoms with Crippen LogP contribution in [0.5, 0.6) is 0 Å². The summed E-state index contributed by atoms with van der Waals surface area (Å²) in [5.41, 5.74) is 2.14. The highest BCUT2D eigenvalue weighted by Crippen LogP contribution is 2.36. The molecule has 0 atom stereocenters. The van der Waals surface area contributed by atoms with Crippen molar-refractivity contribution in [3.8, 4) is 0 Å². The predicted octanol–water partition coefficient (Wildman–Crippen LogP) is 2.99. The lowest BCUT2D eigenvalue weighted by molar-refractivity contribution is 0.0748. The third-order valence-electron chi connectivity index (χ3n) is 4.60. The quantitative estimate of drug-likeness (QED) is 0.930. The fourth-order valence-corrected chi connectivity index (χ4v) is 3.10. The van der Waals surface area contributed by atoms with Crippen LogP contribution >= 0.6 is 0 Å². The van der Waals surface area contributed by atoms with Gasteiger partial charge in [0.1, 0.15) is 0 Å². The number of piperidine rings is 1. The molecule has 1 saturated carbocycles. The number of carbonyl (C=O) groups excluding carboxylic acids is 1. The molecule has 2 fully saturated rings. The van der Waals surface area contributed by atoms with E-state index in [1.807, 2.05) is 27.0 Å². The Balaban J connectivity index is 1.88. The summed E-state index contributed by atoms with van der Waals surface area (Å²) in [6.07, 6.45) is 8.07. The number of hydrogen-bond acceptors (Lipinski definition) is 3. The van der Waals surface area contributed by atoms with Gasteiger partial charge in [-0.15, -0.1) is 0 Å². The number of hydrogen-bond donors (Lipinski definition) is 1. The maximum atomic E-state index is 12.5. The van der Waals surface area contributed by atoms with Crippen molar-refractivity contribution < 1.29 is 4.79 Å². The minimum absolute atomic E-state index is 0.0970. The largest absolute Gasteiger partial charge is 0.317 e. The lowest BCUT2D eigenvalue weighted by Gasteiger charge is -2.22. The van der Waals surface area contributed by atoms with Crippen LogP contribution in [0, 0.1) is 11.3 Å². The number of nitrogens with zero attached hydrogens (tertiary/aromatic N) is 2. The monoisotopic (exact) mass is 289 g/mol. The number of carbonyl (C=O) groups is 1. The van der Waals surface area contributed by atoms with Gasteiger partial charge in [-0.3, -0.25) is 4.79 Å². The van der Waals surface area contributed by atoms with Gasteiger partial charge in [-0.1, -0.05) is 20.8 Å². The van der Waals surface area contributed by atoms with Crippen molar-refractivity contribution in [1.82, 2.24) is 15.1 Å². The fraction of sp³-hybridized carbons (Fsp3) is 0.765. The number of rotatable bonds is 3. The number of aromatic nitrogens is 2. The first-order valence-corrected chi connectivity index (χ1v) is 8.29. The van der Waals surface area contributed by atoms with Crippen LogP contribution in [0.15, 0.2) is 6.20 Å². The molecule has 0 spiro atoms. The van der Waals surface area contributed by atoms with Crippen LogP contribution in [0.4, 0.5) is 0 Å². The van der Waals surface area contributed by atoms with Crippen molar-refractivity contribution in [2.75, 3.05) is 13.1 Å². The summed E-state index contributed by atoms with van der Waals surface area (Å²) in [5.74, 6) is 1.45. The average molecular weight is 289 g/mol. The Hall–Kier alpha value is -1.16. The number of nitrogens with one attached hydrogen (secondary N) is 1. The van der Waals surface area contributed by atoms with Crippen LogP contribution in [0.1, 0.15) is 68.4 Å². The van der Waals surface area contributed by atoms with Gasteiger partial charge in [0, 0.05) is 17.5 Å². The molecule has 3 rings (SSSR count). The topological polar surface area (TPSA) is 46.9 Å². The van der Waals surface area contributed by atoms with E-state index in [-0.39, 0.29) is 11.3 Å². The van der Waals surface area contributed by atoms with Gasteiger partial charge >= 0.3 is 0 Å². The molecule has 1 saturated heterocycles. The van der Waals surface area contributed by atoms with Crippen LogP contribution in [-0.2, 0) is 6.42 Å². The highest BCUT2D eigenvalue weighted by molar-refractivity contribution is 5.83. The summed E-state index contributed by atoms with van der Waals surface area (Å²) < 4.78 is 1.62. The molecular weight excluding hydrogens is 262 g/mol. The molecule has 0 unspecified atom stereocenters. The standard InChI is InChI=1S/C17H27N3O/c1-17(2,3)16(21)20-11-14(10-12-4-5-12)15(19-20)13-6-8-18-9-7-13/h11-13,18H,4-10H2,1-3H3. The first-order chi connectivity index (χ1) is 9.95. The molecule has 4 heteroatoms. The summed E-state index contributed by atoms with van der Waals surface area (Å²) in [7, 11) is 0. The first kappa shape index (κ1) is 14.8. The van der Waals surface area contributed by atoms with Crippen LogP contribution in [0.25, 0.3) is 0 Å². The molecule has 4 nitrogen and oxygen atoms in total. The molecule has 1 N–H and O–H groups in total. The van der Waals surface area contributed by atoms with Crippen LogP contribution in [-0.4, -0.2) is 28.8 Å². The SMILES string of the molecule is CC(C)(C)C(=O)n1cc(CC2CC2)c(C2CCNCC2)n1. The van der Waals surface area contributed by atoms with Crippen molar-refractivity contribution in [2.24, 2.45) is 11.3 Å². The van der Waals surface area contributed by atoms with Gasteiger partial charge in [-0.2, -0.15) is 5.10 Å². The van der Waals surface area contributed by atoms with Crippen LogP contribution < -0.4 is 5.32 Å². The third kappa shape index (κ3) is 3.37. The maximum absolute atomic E-state index is 12.5. The normalized spacial score (nSPS) is 20.7. The van der Waals surface area contributed by atoms with Gasteiger partial charge in [-0.05, 0) is 56.7 Å². The maximum Gasteiger partial charge on any atom is 0.252 e. The minimum atomic E-state index is -0.381. The molecular formula is C17H27N3O. The van der Waals surface area contributed by atoms with Crippen molar-refractivity contribution in [2.45, 2.75) is 58.8 Å². The van der Waals surface area contributed by atoms with Crippen molar-refractivity contribution >= 4 is 5.91 Å². The Morgan fingerprint density at radius 3 is 2.52 bits per heavy atom. The molecule has 1 aromatic heterocycles. The van der Waals surface area contributed by atoms with E-state index in [1.54, 1.807) is 4.68 Å². The molecule has 0 amide bonds. The van der Waals surface area contributed by atoms with E-state index in [2.05, 4.69) is 5.32 Å². The Kier molecular flexibility index (Phi) is 3.91. The van der Waals surface area contributed by atoms with E-state index in [9.17, 15) is 4.79 Å². The highest BCUT2D eigenvalue weighted by Gasteiger charge is 2.30. The molecule has 2 heterocycles. The molecule has 0 radical (unpaired) electrons. The fourth-order valence-electron chi connectivity index (χ4n) is 3.10. The highest BCUT2D eigenvalue weighted by atomic mass is 16.2. The lowest BCUT2D eigenvalue weighted by Crippen LogP contribution is -2.29. The van der Waals surface area contributed by atoms with Gasteiger partial charge in [0.2, 0.25) is 0 Å². The zero-order valence-electron chi connectivity index (χ0n) is 13.5. The first-order valence-electron chi connectivity index (χ1n) is 8.29. The molecule has 1 aliphatic carbocycles. The van der Waals surface area contributed by atoms with E-state index >= 15 is 0 Å². The Morgan fingerprint density at radius 2 is 1.95 bits per heavy atom. The van der Waals surface area contributed by atoms with E-state index in [0.717, 1.165) is 38.3 Å². The average Bonchev–Trinajstić information content (AvgIpc) is 3.16. The Labute approximate surface area is 127 Å². The second-order valence-electron chi connectivity index (χ2n) is 7.71. The molecule has 2 aliphatic rings. The van der Waals surface area contributed by atoms with Gasteiger partial charge in [0.25, 0.3) is 5.91 Å². The molecule has 1 aliphatic heterocycles.